The number of carbonyl (C=O) groups excluding carboxylic acids is 3. The first-order chi connectivity index (χ1) is 12.2. The van der Waals surface area contributed by atoms with E-state index in [1.54, 1.807) is 17.4 Å². The van der Waals surface area contributed by atoms with Crippen LogP contribution in [0.5, 0.6) is 0 Å². The van der Waals surface area contributed by atoms with Crippen LogP contribution in [0.15, 0.2) is 24.3 Å². The molecule has 0 spiro atoms. The van der Waals surface area contributed by atoms with Crippen molar-refractivity contribution in [3.8, 4) is 0 Å². The van der Waals surface area contributed by atoms with E-state index >= 15 is 0 Å². The molecule has 0 aromatic heterocycles. The average Bonchev–Trinajstić information content (AvgIpc) is 2.98. The quantitative estimate of drug-likeness (QED) is 0.773. The van der Waals surface area contributed by atoms with Crippen LogP contribution in [0.2, 0.25) is 0 Å². The van der Waals surface area contributed by atoms with Gasteiger partial charge in [-0.1, -0.05) is 25.1 Å². The first kappa shape index (κ1) is 19.7. The van der Waals surface area contributed by atoms with Gasteiger partial charge < -0.3 is 15.0 Å². The number of anilines is 1. The summed E-state index contributed by atoms with van der Waals surface area (Å²) in [5.74, 6) is -2.83. The Morgan fingerprint density at radius 1 is 1.31 bits per heavy atom. The Morgan fingerprint density at radius 3 is 2.65 bits per heavy atom. The van der Waals surface area contributed by atoms with E-state index in [1.165, 1.54) is 4.90 Å². The number of nitrogens with one attached hydrogen (secondary N) is 1. The smallest absolute Gasteiger partial charge is 0.405 e. The van der Waals surface area contributed by atoms with Crippen molar-refractivity contribution in [3.63, 3.8) is 0 Å². The number of rotatable bonds is 6. The molecule has 0 radical (unpaired) electrons. The zero-order chi connectivity index (χ0) is 19.3. The molecule has 1 saturated heterocycles. The van der Waals surface area contributed by atoms with E-state index in [0.717, 1.165) is 11.3 Å². The van der Waals surface area contributed by atoms with Crippen LogP contribution in [0, 0.1) is 5.92 Å². The highest BCUT2D eigenvalue weighted by molar-refractivity contribution is 6.00. The van der Waals surface area contributed by atoms with Crippen molar-refractivity contribution in [3.05, 3.63) is 29.8 Å². The zero-order valence-corrected chi connectivity index (χ0v) is 14.1. The second kappa shape index (κ2) is 8.20. The molecule has 1 aliphatic heterocycles. The van der Waals surface area contributed by atoms with Crippen molar-refractivity contribution in [2.45, 2.75) is 25.9 Å². The second-order valence-corrected chi connectivity index (χ2v) is 5.89. The molecule has 1 atom stereocenters. The first-order valence-corrected chi connectivity index (χ1v) is 8.09. The van der Waals surface area contributed by atoms with E-state index in [4.69, 9.17) is 4.74 Å². The van der Waals surface area contributed by atoms with Gasteiger partial charge in [0.05, 0.1) is 5.92 Å². The SMILES string of the molecule is CCc1ccccc1N1C[C@@H](C(=O)OCC(=O)NCC(F)(F)F)CC1=O. The Bertz CT molecular complexity index is 691. The number of hydrogen-bond acceptors (Lipinski definition) is 4. The summed E-state index contributed by atoms with van der Waals surface area (Å²) in [6, 6.07) is 7.32. The topological polar surface area (TPSA) is 75.7 Å². The fourth-order valence-corrected chi connectivity index (χ4v) is 2.68. The lowest BCUT2D eigenvalue weighted by atomic mass is 10.1. The van der Waals surface area contributed by atoms with Crippen LogP contribution in [0.3, 0.4) is 0 Å². The molecule has 0 saturated carbocycles. The van der Waals surface area contributed by atoms with Gasteiger partial charge in [-0.25, -0.2) is 0 Å². The van der Waals surface area contributed by atoms with E-state index < -0.39 is 37.1 Å². The summed E-state index contributed by atoms with van der Waals surface area (Å²) in [5.41, 5.74) is 1.68. The van der Waals surface area contributed by atoms with Gasteiger partial charge >= 0.3 is 12.1 Å². The Morgan fingerprint density at radius 2 is 2.00 bits per heavy atom. The minimum absolute atomic E-state index is 0.0684. The van der Waals surface area contributed by atoms with Crippen molar-refractivity contribution < 1.29 is 32.3 Å². The molecular formula is C17H19F3N2O4. The third-order valence-electron chi connectivity index (χ3n) is 3.95. The summed E-state index contributed by atoms with van der Waals surface area (Å²) < 4.78 is 40.8. The number of ether oxygens (including phenoxy) is 1. The van der Waals surface area contributed by atoms with Crippen LogP contribution in [0.1, 0.15) is 18.9 Å². The average molecular weight is 372 g/mol. The molecule has 142 valence electrons. The van der Waals surface area contributed by atoms with Crippen LogP contribution >= 0.6 is 0 Å². The maximum atomic E-state index is 12.2. The normalized spacial score (nSPS) is 17.3. The molecular weight excluding hydrogens is 353 g/mol. The summed E-state index contributed by atoms with van der Waals surface area (Å²) in [6.45, 7) is -0.248. The summed E-state index contributed by atoms with van der Waals surface area (Å²) in [6.07, 6.45) is -3.89. The van der Waals surface area contributed by atoms with Crippen molar-refractivity contribution in [2.24, 2.45) is 5.92 Å². The Kier molecular flexibility index (Phi) is 6.23. The first-order valence-electron chi connectivity index (χ1n) is 8.09. The lowest BCUT2D eigenvalue weighted by Crippen LogP contribution is -2.37. The highest BCUT2D eigenvalue weighted by Gasteiger charge is 2.37. The Hall–Kier alpha value is -2.58. The van der Waals surface area contributed by atoms with Crippen LogP contribution < -0.4 is 10.2 Å². The predicted molar refractivity (Wildman–Crippen MR) is 86.3 cm³/mol. The van der Waals surface area contributed by atoms with Crippen LogP contribution in [-0.2, 0) is 25.5 Å². The number of carbonyl (C=O) groups is 3. The summed E-state index contributed by atoms with van der Waals surface area (Å²) in [4.78, 5) is 37.0. The van der Waals surface area contributed by atoms with E-state index in [-0.39, 0.29) is 18.9 Å². The molecule has 0 aliphatic carbocycles. The van der Waals surface area contributed by atoms with Crippen molar-refractivity contribution >= 4 is 23.5 Å². The number of para-hydroxylation sites is 1. The number of amides is 2. The molecule has 26 heavy (non-hydrogen) atoms. The largest absolute Gasteiger partial charge is 0.455 e. The van der Waals surface area contributed by atoms with Crippen molar-refractivity contribution in [2.75, 3.05) is 24.6 Å². The Labute approximate surface area is 148 Å². The zero-order valence-electron chi connectivity index (χ0n) is 14.1. The molecule has 6 nitrogen and oxygen atoms in total. The molecule has 1 fully saturated rings. The number of esters is 1. The van der Waals surface area contributed by atoms with E-state index in [2.05, 4.69) is 0 Å². The molecule has 1 aromatic rings. The van der Waals surface area contributed by atoms with E-state index in [0.29, 0.717) is 6.42 Å². The van der Waals surface area contributed by atoms with Gasteiger partial charge in [-0.05, 0) is 18.1 Å². The summed E-state index contributed by atoms with van der Waals surface area (Å²) in [5, 5.41) is 1.61. The Balaban J connectivity index is 1.90. The third-order valence-corrected chi connectivity index (χ3v) is 3.95. The fraction of sp³-hybridized carbons (Fsp3) is 0.471. The summed E-state index contributed by atoms with van der Waals surface area (Å²) in [7, 11) is 0. The molecule has 2 amide bonds. The predicted octanol–water partition coefficient (Wildman–Crippen LogP) is 1.82. The number of nitrogens with zero attached hydrogens (tertiary/aromatic N) is 1. The third kappa shape index (κ3) is 5.21. The number of alkyl halides is 3. The van der Waals surface area contributed by atoms with Crippen LogP contribution in [0.25, 0.3) is 0 Å². The van der Waals surface area contributed by atoms with E-state index in [1.807, 2.05) is 19.1 Å². The molecule has 1 aliphatic rings. The monoisotopic (exact) mass is 372 g/mol. The molecule has 1 aromatic carbocycles. The number of benzene rings is 1. The van der Waals surface area contributed by atoms with Gasteiger partial charge in [-0.3, -0.25) is 14.4 Å². The highest BCUT2D eigenvalue weighted by atomic mass is 19.4. The van der Waals surface area contributed by atoms with Crippen molar-refractivity contribution in [1.29, 1.82) is 0 Å². The van der Waals surface area contributed by atoms with Gasteiger partial charge in [0.2, 0.25) is 5.91 Å². The molecule has 1 N–H and O–H groups in total. The molecule has 2 rings (SSSR count). The minimum Gasteiger partial charge on any atom is -0.455 e. The van der Waals surface area contributed by atoms with Crippen LogP contribution in [0.4, 0.5) is 18.9 Å². The number of hydrogen-bond donors (Lipinski definition) is 1. The van der Waals surface area contributed by atoms with Gasteiger partial charge in [0, 0.05) is 18.7 Å². The van der Waals surface area contributed by atoms with Gasteiger partial charge in [0.15, 0.2) is 6.61 Å². The number of aryl methyl sites for hydroxylation is 1. The molecule has 9 heteroatoms. The standard InChI is InChI=1S/C17H19F3N2O4/c1-2-11-5-3-4-6-13(11)22-8-12(7-15(22)24)16(25)26-9-14(23)21-10-17(18,19)20/h3-6,12H,2,7-10H2,1H3,(H,21,23)/t12-/m0/s1. The molecule has 0 bridgehead atoms. The lowest BCUT2D eigenvalue weighted by Gasteiger charge is -2.19. The second-order valence-electron chi connectivity index (χ2n) is 5.89. The maximum absolute atomic E-state index is 12.2. The van der Waals surface area contributed by atoms with Crippen molar-refractivity contribution in [1.82, 2.24) is 5.32 Å². The molecule has 1 heterocycles. The van der Waals surface area contributed by atoms with Gasteiger partial charge in [0.1, 0.15) is 6.54 Å². The number of halogens is 3. The fourth-order valence-electron chi connectivity index (χ4n) is 2.68. The van der Waals surface area contributed by atoms with Crippen LogP contribution in [-0.4, -0.2) is 43.7 Å². The minimum atomic E-state index is -4.54. The lowest BCUT2D eigenvalue weighted by molar-refractivity contribution is -0.154. The van der Waals surface area contributed by atoms with Gasteiger partial charge in [-0.2, -0.15) is 13.2 Å². The highest BCUT2D eigenvalue weighted by Crippen LogP contribution is 2.29. The maximum Gasteiger partial charge on any atom is 0.405 e. The summed E-state index contributed by atoms with van der Waals surface area (Å²) >= 11 is 0. The van der Waals surface area contributed by atoms with Gasteiger partial charge in [-0.15, -0.1) is 0 Å². The van der Waals surface area contributed by atoms with Gasteiger partial charge in [0.25, 0.3) is 5.91 Å². The molecule has 0 unspecified atom stereocenters. The van der Waals surface area contributed by atoms with E-state index in [9.17, 15) is 27.6 Å².